The molecule has 5 saturated heterocycles. The Balaban J connectivity index is -0.000000453. The second kappa shape index (κ2) is 87.1. The first-order chi connectivity index (χ1) is 56.8. The molecule has 4 atom stereocenters. The van der Waals surface area contributed by atoms with E-state index in [0.717, 1.165) is 64.2 Å². The van der Waals surface area contributed by atoms with Crippen molar-refractivity contribution in [1.29, 1.82) is 0 Å². The van der Waals surface area contributed by atoms with Crippen LogP contribution in [-0.2, 0) is 86.7 Å². The van der Waals surface area contributed by atoms with Crippen LogP contribution < -0.4 is 59.1 Å². The topological polar surface area (TPSA) is 398 Å². The molecule has 5 aliphatic heterocycles. The van der Waals surface area contributed by atoms with E-state index in [1.807, 2.05) is 27.7 Å². The first-order valence-corrected chi connectivity index (χ1v) is 52.4. The van der Waals surface area contributed by atoms with Gasteiger partial charge < -0.3 is 92.3 Å². The van der Waals surface area contributed by atoms with Gasteiger partial charge in [-0.25, -0.2) is 16.8 Å². The van der Waals surface area contributed by atoms with Crippen molar-refractivity contribution in [3.05, 3.63) is 0 Å². The van der Waals surface area contributed by atoms with E-state index >= 15 is 0 Å². The zero-order chi connectivity index (χ0) is 88.9. The summed E-state index contributed by atoms with van der Waals surface area (Å²) in [4.78, 5) is 10.7. The van der Waals surface area contributed by atoms with Gasteiger partial charge in [-0.3, -0.25) is 4.18 Å². The van der Waals surface area contributed by atoms with Crippen LogP contribution in [0.15, 0.2) is 0 Å². The molecule has 5 fully saturated rings. The van der Waals surface area contributed by atoms with Gasteiger partial charge in [0.15, 0.2) is 23.1 Å². The van der Waals surface area contributed by atoms with Crippen LogP contribution in [0.5, 0.6) is 0 Å². The van der Waals surface area contributed by atoms with Gasteiger partial charge in [0.1, 0.15) is 36.3 Å². The van der Waals surface area contributed by atoms with Gasteiger partial charge in [0, 0.05) is 56.8 Å². The van der Waals surface area contributed by atoms with Gasteiger partial charge in [0.05, 0.1) is 98.7 Å². The number of Topliss-reactive ketones (excluding diaryl/α,β-unsaturated/α-hetero) is 1. The van der Waals surface area contributed by atoms with Crippen LogP contribution in [0.25, 0.3) is 0 Å². The molecule has 31 heteroatoms. The molecule has 0 aromatic carbocycles. The van der Waals surface area contributed by atoms with Gasteiger partial charge in [0.25, 0.3) is 10.1 Å². The summed E-state index contributed by atoms with van der Waals surface area (Å²) in [7, 11) is -11.3. The van der Waals surface area contributed by atoms with Crippen LogP contribution >= 0.6 is 0 Å². The Morgan fingerprint density at radius 3 is 1.00 bits per heavy atom. The number of carbonyl (C=O) groups is 1. The third kappa shape index (κ3) is 88.7. The molecule has 5 heterocycles. The second-order valence-electron chi connectivity index (χ2n) is 34.3. The van der Waals surface area contributed by atoms with E-state index in [-0.39, 0.29) is 120 Å². The van der Waals surface area contributed by atoms with Crippen LogP contribution in [0.2, 0.25) is 0 Å². The van der Waals surface area contributed by atoms with Crippen molar-refractivity contribution in [2.24, 2.45) is 0 Å². The first-order valence-electron chi connectivity index (χ1n) is 47.6. The first kappa shape index (κ1) is 131. The molecule has 122 heavy (non-hydrogen) atoms. The third-order valence-corrected chi connectivity index (χ3v) is 24.6. The molecule has 0 amide bonds. The number of ether oxygens (including phenoxy) is 10. The molecule has 0 spiro atoms. The van der Waals surface area contributed by atoms with Crippen LogP contribution in [0.1, 0.15) is 422 Å². The SMILES string of the molecule is CCCCCCCCCCCC(C)=O.CCCCCCCCCCCC1(C)OCC(CO)O1.CCCCCCCCCCCC1(C)OCC(COCCCCS(=O)(=O)[O-])O1.CCCCCCCCCCCC1(C)OCC(O)CO1.CCCCCCCCCCCC1(C)OCC(OCCCCS(=O)(=O)[O-])CO1.O=S1(=O)CCCO1.OCC(O)CO.[Na+].[Na+].[OH-]. The van der Waals surface area contributed by atoms with E-state index in [4.69, 9.17) is 67.8 Å². The Labute approximate surface area is 789 Å². The van der Waals surface area contributed by atoms with E-state index in [1.165, 1.54) is 257 Å². The minimum Gasteiger partial charge on any atom is -0.870 e. The largest absolute Gasteiger partial charge is 1.00 e. The summed E-state index contributed by atoms with van der Waals surface area (Å²) in [6.45, 7) is 24.8. The van der Waals surface area contributed by atoms with Crippen molar-refractivity contribution in [2.75, 3.05) is 103 Å². The van der Waals surface area contributed by atoms with E-state index in [0.29, 0.717) is 104 Å². The van der Waals surface area contributed by atoms with Gasteiger partial charge >= 0.3 is 59.1 Å². The summed E-state index contributed by atoms with van der Waals surface area (Å²) >= 11 is 0. The van der Waals surface area contributed by atoms with Crippen LogP contribution in [0.3, 0.4) is 0 Å². The molecule has 0 radical (unpaired) electrons. The van der Waals surface area contributed by atoms with E-state index in [1.54, 1.807) is 6.92 Å². The van der Waals surface area contributed by atoms with Gasteiger partial charge in [0.2, 0.25) is 0 Å². The summed E-state index contributed by atoms with van der Waals surface area (Å²) in [6.07, 6.45) is 64.5. The molecule has 0 saturated carbocycles. The predicted octanol–water partition coefficient (Wildman–Crippen LogP) is 13.2. The molecular formula is C91H183Na2O26S3-. The van der Waals surface area contributed by atoms with Crippen LogP contribution in [0.4, 0.5) is 0 Å². The number of hydrogen-bond acceptors (Lipinski definition) is 26. The average molecular weight is 1840 g/mol. The van der Waals surface area contributed by atoms with Crippen molar-refractivity contribution in [2.45, 2.75) is 476 Å². The number of unbranched alkanes of at least 4 members (excludes halogenated alkanes) is 42. The van der Waals surface area contributed by atoms with Crippen LogP contribution in [-0.4, -0.2) is 228 Å². The van der Waals surface area contributed by atoms with E-state index in [9.17, 15) is 44.3 Å². The maximum atomic E-state index is 10.7. The summed E-state index contributed by atoms with van der Waals surface area (Å²) in [6, 6.07) is 0. The fourth-order valence-electron chi connectivity index (χ4n) is 14.0. The smallest absolute Gasteiger partial charge is 0.870 e. The van der Waals surface area contributed by atoms with Gasteiger partial charge in [-0.2, -0.15) is 8.42 Å². The maximum Gasteiger partial charge on any atom is 1.00 e. The predicted molar refractivity (Wildman–Crippen MR) is 477 cm³/mol. The maximum absolute atomic E-state index is 10.7. The Kier molecular flexibility index (Phi) is 93.7. The van der Waals surface area contributed by atoms with Crippen molar-refractivity contribution >= 4 is 36.1 Å². The third-order valence-electron chi connectivity index (χ3n) is 21.7. The summed E-state index contributed by atoms with van der Waals surface area (Å²) in [5.74, 6) is -2.04. The van der Waals surface area contributed by atoms with Crippen molar-refractivity contribution in [3.8, 4) is 0 Å². The molecule has 5 rings (SSSR count). The van der Waals surface area contributed by atoms with Gasteiger partial charge in [-0.05, 0) is 98.8 Å². The fraction of sp³-hybridized carbons (Fsp3) is 0.989. The summed E-state index contributed by atoms with van der Waals surface area (Å²) in [5.41, 5.74) is 0. The Hall–Kier alpha value is 0.760. The molecule has 6 N–H and O–H groups in total. The molecule has 0 aliphatic carbocycles. The summed E-state index contributed by atoms with van der Waals surface area (Å²) < 4.78 is 145. The molecular weight excluding hydrogens is 1650 g/mol. The molecule has 0 aromatic heterocycles. The normalized spacial score (nSPS) is 22.1. The number of rotatable bonds is 66. The number of aliphatic hydroxyl groups excluding tert-OH is 5. The fourth-order valence-corrected chi connectivity index (χ4v) is 16.1. The van der Waals surface area contributed by atoms with Gasteiger partial charge in [-0.1, -0.05) is 291 Å². The Morgan fingerprint density at radius 2 is 0.721 bits per heavy atom. The van der Waals surface area contributed by atoms with Crippen LogP contribution in [0, 0.1) is 0 Å². The second-order valence-corrected chi connectivity index (χ2v) is 39.1. The zero-order valence-electron chi connectivity index (χ0n) is 79.7. The van der Waals surface area contributed by atoms with Gasteiger partial charge in [-0.15, -0.1) is 0 Å². The Bertz CT molecular complexity index is 2520. The summed E-state index contributed by atoms with van der Waals surface area (Å²) in [5, 5.41) is 42.4. The number of aliphatic hydroxyl groups is 5. The quantitative estimate of drug-likeness (QED) is 0.0163. The standard InChI is InChI=1S/2C20H40O6S.2C16H32O3.C13H26O.C3H6O3S.C3H8O3.2Na.H2O/c1-3-4-5-6-7-8-9-10-11-14-20(2)25-17-19(18-26-20)24-15-12-13-16-27(21,22)23;1-3-4-5-6-7-8-9-10-11-14-20(2)25-18-19(26-20)17-24-15-12-13-16-27(21,22)23;1-3-4-5-6-7-8-9-10-11-12-16(2)18-13-15(17)14-19-16;1-3-4-5-6-7-8-9-10-11-12-16(2)18-14-15(13-17)19-16;1-3-4-5-6-7-8-9-10-11-12-13(2)14;4-7(5)3-1-2-6-7;4-1-3(6)2-5;;;/h2*19H,3-18H2,1-2H3,(H,21,22,23);2*15,17H,3-14H2,1-2H3;3-12H2,1-2H3;1-3H2;3-6H,1-2H2;;;1H2/q;;;;;;;2*+1;/p-3. The minimum absolute atomic E-state index is 0. The number of ketones is 1. The molecule has 26 nitrogen and oxygen atoms in total. The van der Waals surface area contributed by atoms with Crippen molar-refractivity contribution in [1.82, 2.24) is 0 Å². The molecule has 4 unspecified atom stereocenters. The molecule has 5 aliphatic rings. The van der Waals surface area contributed by atoms with E-state index < -0.39 is 65.7 Å². The van der Waals surface area contributed by atoms with Crippen molar-refractivity contribution in [3.63, 3.8) is 0 Å². The number of carbonyl (C=O) groups excluding carboxylic acids is 1. The van der Waals surface area contributed by atoms with Crippen molar-refractivity contribution < 1.29 is 181 Å². The number of hydrogen-bond donors (Lipinski definition) is 5. The van der Waals surface area contributed by atoms with E-state index in [2.05, 4.69) is 38.8 Å². The Morgan fingerprint density at radius 1 is 0.426 bits per heavy atom. The minimum atomic E-state index is -4.12. The molecule has 0 bridgehead atoms. The average Bonchev–Trinajstić information content (AvgIpc) is 1.73. The monoisotopic (exact) mass is 1830 g/mol. The molecule has 724 valence electrons. The molecule has 0 aromatic rings. The zero-order valence-corrected chi connectivity index (χ0v) is 86.1.